The van der Waals surface area contributed by atoms with E-state index in [-0.39, 0.29) is 47.5 Å². The molecule has 1 amide bonds. The predicted molar refractivity (Wildman–Crippen MR) is 117 cm³/mol. The second-order valence-electron chi connectivity index (χ2n) is 10.1. The summed E-state index contributed by atoms with van der Waals surface area (Å²) >= 11 is 0. The lowest BCUT2D eigenvalue weighted by Crippen LogP contribution is -2.44. The Hall–Kier alpha value is -2.70. The van der Waals surface area contributed by atoms with E-state index in [4.69, 9.17) is 0 Å². The Morgan fingerprint density at radius 1 is 1.21 bits per heavy atom. The van der Waals surface area contributed by atoms with Gasteiger partial charge in [-0.05, 0) is 73.0 Å². The average Bonchev–Trinajstić information content (AvgIpc) is 3.04. The third kappa shape index (κ3) is 3.75. The number of aromatic nitrogens is 1. The highest BCUT2D eigenvalue weighted by atomic mass is 19.1. The number of rotatable bonds is 4. The number of hydrogen-bond donors (Lipinski definition) is 1. The number of benzene rings is 1. The molecule has 1 aromatic heterocycles. The maximum atomic E-state index is 14.4. The molecule has 3 aliphatic rings. The summed E-state index contributed by atoms with van der Waals surface area (Å²) in [5.41, 5.74) is 1.50. The summed E-state index contributed by atoms with van der Waals surface area (Å²) in [7, 11) is 0. The summed E-state index contributed by atoms with van der Waals surface area (Å²) in [5.74, 6) is -1.59. The molecule has 0 saturated heterocycles. The molecule has 2 aromatic rings. The van der Waals surface area contributed by atoms with Gasteiger partial charge in [0.2, 0.25) is 5.91 Å². The van der Waals surface area contributed by atoms with Crippen molar-refractivity contribution in [2.45, 2.75) is 57.8 Å². The number of amides is 1. The van der Waals surface area contributed by atoms with Crippen LogP contribution in [0, 0.1) is 40.6 Å². The Bertz CT molecular complexity index is 1120. The molecule has 1 aromatic carbocycles. The number of Topliss-reactive ketones (excluding diaryl/α,β-unsaturated/α-hetero) is 1. The number of nitrogens with zero attached hydrogens (tertiary/aromatic N) is 1. The van der Waals surface area contributed by atoms with Crippen LogP contribution in [0.15, 0.2) is 30.5 Å². The van der Waals surface area contributed by atoms with E-state index < -0.39 is 23.0 Å². The molecule has 2 fully saturated rings. The van der Waals surface area contributed by atoms with Crippen molar-refractivity contribution < 1.29 is 22.8 Å². The molecule has 7 heteroatoms. The van der Waals surface area contributed by atoms with Crippen LogP contribution >= 0.6 is 0 Å². The number of halogens is 3. The predicted octanol–water partition coefficient (Wildman–Crippen LogP) is 5.57. The first kappa shape index (κ1) is 22.1. The van der Waals surface area contributed by atoms with Crippen molar-refractivity contribution in [3.05, 3.63) is 59.0 Å². The van der Waals surface area contributed by atoms with Gasteiger partial charge in [0.05, 0.1) is 6.20 Å². The summed E-state index contributed by atoms with van der Waals surface area (Å²) in [5, 5.41) is 2.41. The van der Waals surface area contributed by atoms with Crippen LogP contribution in [0.2, 0.25) is 0 Å². The van der Waals surface area contributed by atoms with Gasteiger partial charge < -0.3 is 5.32 Å². The van der Waals surface area contributed by atoms with Crippen LogP contribution in [0.3, 0.4) is 0 Å². The molecule has 0 spiro atoms. The minimum atomic E-state index is -0.921. The maximum Gasteiger partial charge on any atom is 0.225 e. The van der Waals surface area contributed by atoms with E-state index in [0.29, 0.717) is 25.3 Å². The van der Waals surface area contributed by atoms with Crippen molar-refractivity contribution in [3.63, 3.8) is 0 Å². The molecular weight excluding hydrogens is 429 g/mol. The lowest BCUT2D eigenvalue weighted by molar-refractivity contribution is -0.129. The van der Waals surface area contributed by atoms with E-state index in [1.165, 1.54) is 6.07 Å². The molecule has 1 N–H and O–H groups in total. The third-order valence-corrected chi connectivity index (χ3v) is 8.37. The van der Waals surface area contributed by atoms with Crippen LogP contribution in [-0.4, -0.2) is 16.7 Å². The van der Waals surface area contributed by atoms with Crippen LogP contribution in [0.25, 0.3) is 0 Å². The molecule has 5 atom stereocenters. The number of anilines is 1. The van der Waals surface area contributed by atoms with E-state index in [1.54, 1.807) is 6.07 Å². The summed E-state index contributed by atoms with van der Waals surface area (Å²) in [4.78, 5) is 29.1. The number of ketones is 1. The van der Waals surface area contributed by atoms with E-state index >= 15 is 0 Å². The summed E-state index contributed by atoms with van der Waals surface area (Å²) in [6.07, 6.45) is 5.11. The summed E-state index contributed by atoms with van der Waals surface area (Å²) in [6, 6.07) is 6.00. The Balaban J connectivity index is 1.33. The Labute approximate surface area is 191 Å². The van der Waals surface area contributed by atoms with Gasteiger partial charge in [-0.2, -0.15) is 0 Å². The highest BCUT2D eigenvalue weighted by Crippen LogP contribution is 2.62. The Morgan fingerprint density at radius 2 is 2.03 bits per heavy atom. The number of carbonyl (C=O) groups excluding carboxylic acids is 2. The summed E-state index contributed by atoms with van der Waals surface area (Å²) < 4.78 is 41.3. The van der Waals surface area contributed by atoms with Crippen molar-refractivity contribution >= 4 is 17.5 Å². The Kier molecular flexibility index (Phi) is 5.53. The normalized spacial score (nSPS) is 30.4. The molecule has 0 bridgehead atoms. The molecular formula is C26H27F3N2O2. The van der Waals surface area contributed by atoms with Crippen LogP contribution in [0.5, 0.6) is 0 Å². The quantitative estimate of drug-likeness (QED) is 0.655. The second-order valence-corrected chi connectivity index (χ2v) is 10.1. The SMILES string of the molecule is C[C@]12CCC3c4cccc(F)c4CCC3C1[C@H](CCC(=O)Nc1ncc(F)cc1F)CC2=O. The lowest BCUT2D eigenvalue weighted by Gasteiger charge is -2.50. The fraction of sp³-hybridized carbons (Fsp3) is 0.500. The minimum Gasteiger partial charge on any atom is -0.308 e. The van der Waals surface area contributed by atoms with E-state index in [2.05, 4.69) is 17.2 Å². The zero-order chi connectivity index (χ0) is 23.3. The van der Waals surface area contributed by atoms with Gasteiger partial charge in [-0.1, -0.05) is 19.1 Å². The zero-order valence-electron chi connectivity index (χ0n) is 18.5. The molecule has 3 aliphatic carbocycles. The van der Waals surface area contributed by atoms with Gasteiger partial charge in [-0.15, -0.1) is 0 Å². The molecule has 174 valence electrons. The number of carbonyl (C=O) groups is 2. The molecule has 4 nitrogen and oxygen atoms in total. The zero-order valence-corrected chi connectivity index (χ0v) is 18.5. The number of fused-ring (bicyclic) bond motifs is 5. The molecule has 1 heterocycles. The average molecular weight is 457 g/mol. The fourth-order valence-corrected chi connectivity index (χ4v) is 6.92. The van der Waals surface area contributed by atoms with Crippen molar-refractivity contribution in [3.8, 4) is 0 Å². The van der Waals surface area contributed by atoms with Gasteiger partial charge in [-0.25, -0.2) is 18.2 Å². The second kappa shape index (κ2) is 8.26. The van der Waals surface area contributed by atoms with E-state index in [1.807, 2.05) is 6.07 Å². The van der Waals surface area contributed by atoms with Crippen LogP contribution in [0.4, 0.5) is 19.0 Å². The first-order chi connectivity index (χ1) is 15.8. The molecule has 2 saturated carbocycles. The molecule has 3 unspecified atom stereocenters. The molecule has 5 rings (SSSR count). The van der Waals surface area contributed by atoms with Crippen molar-refractivity contribution in [2.24, 2.45) is 23.2 Å². The fourth-order valence-electron chi connectivity index (χ4n) is 6.92. The van der Waals surface area contributed by atoms with Gasteiger partial charge in [0.1, 0.15) is 17.4 Å². The largest absolute Gasteiger partial charge is 0.308 e. The topological polar surface area (TPSA) is 59.1 Å². The highest BCUT2D eigenvalue weighted by Gasteiger charge is 2.58. The lowest BCUT2D eigenvalue weighted by atomic mass is 9.54. The summed E-state index contributed by atoms with van der Waals surface area (Å²) in [6.45, 7) is 2.06. The van der Waals surface area contributed by atoms with Crippen molar-refractivity contribution in [1.29, 1.82) is 0 Å². The first-order valence-electron chi connectivity index (χ1n) is 11.7. The smallest absolute Gasteiger partial charge is 0.225 e. The Morgan fingerprint density at radius 3 is 2.82 bits per heavy atom. The van der Waals surface area contributed by atoms with Crippen LogP contribution in [0.1, 0.15) is 62.5 Å². The minimum absolute atomic E-state index is 0.0576. The van der Waals surface area contributed by atoms with Crippen molar-refractivity contribution in [1.82, 2.24) is 4.98 Å². The molecule has 0 radical (unpaired) electrons. The first-order valence-corrected chi connectivity index (χ1v) is 11.7. The third-order valence-electron chi connectivity index (χ3n) is 8.37. The molecule has 0 aliphatic heterocycles. The van der Waals surface area contributed by atoms with Gasteiger partial charge >= 0.3 is 0 Å². The van der Waals surface area contributed by atoms with Crippen molar-refractivity contribution in [2.75, 3.05) is 5.32 Å². The molecule has 33 heavy (non-hydrogen) atoms. The number of nitrogens with one attached hydrogen (secondary N) is 1. The van der Waals surface area contributed by atoms with Gasteiger partial charge in [-0.3, -0.25) is 9.59 Å². The monoisotopic (exact) mass is 456 g/mol. The van der Waals surface area contributed by atoms with Crippen LogP contribution < -0.4 is 5.32 Å². The van der Waals surface area contributed by atoms with Gasteiger partial charge in [0.15, 0.2) is 11.6 Å². The standard InChI is InChI=1S/C26H27F3N2O2/c1-26-10-9-17-16-3-2-4-20(28)18(16)6-7-19(17)24(26)14(11-22(26)32)5-8-23(33)31-25-21(29)12-15(27)13-30-25/h2-4,12-14,17,19,24H,5-11H2,1H3,(H,30,31,33)/t14-,17?,19?,24?,26-/m1/s1. The van der Waals surface area contributed by atoms with E-state index in [0.717, 1.165) is 36.6 Å². The van der Waals surface area contributed by atoms with Gasteiger partial charge in [0, 0.05) is 24.3 Å². The van der Waals surface area contributed by atoms with E-state index in [9.17, 15) is 22.8 Å². The highest BCUT2D eigenvalue weighted by molar-refractivity contribution is 5.90. The van der Waals surface area contributed by atoms with Gasteiger partial charge in [0.25, 0.3) is 0 Å². The maximum absolute atomic E-state index is 14.4. The number of hydrogen-bond acceptors (Lipinski definition) is 3. The number of pyridine rings is 1. The van der Waals surface area contributed by atoms with Crippen LogP contribution in [-0.2, 0) is 16.0 Å².